The number of hydrogen-bond acceptors (Lipinski definition) is 6. The minimum atomic E-state index is -0.970. The van der Waals surface area contributed by atoms with Crippen molar-refractivity contribution in [3.63, 3.8) is 0 Å². The first kappa shape index (κ1) is 15.8. The summed E-state index contributed by atoms with van der Waals surface area (Å²) in [5.74, 6) is 5.21. The topological polar surface area (TPSA) is 121 Å². The molecular weight excluding hydrogens is 316 g/mol. The molecule has 0 saturated carbocycles. The van der Waals surface area contributed by atoms with E-state index in [1.807, 2.05) is 0 Å². The Balaban J connectivity index is 1.90. The van der Waals surface area contributed by atoms with E-state index >= 15 is 0 Å². The summed E-state index contributed by atoms with van der Waals surface area (Å²) in [5, 5.41) is 14.0. The average Bonchev–Trinajstić information content (AvgIpc) is 3.05. The van der Waals surface area contributed by atoms with Crippen molar-refractivity contribution in [2.24, 2.45) is 0 Å². The van der Waals surface area contributed by atoms with Crippen molar-refractivity contribution in [2.75, 3.05) is 18.6 Å². The number of carbonyl (C=O) groups is 3. The molecule has 24 heavy (non-hydrogen) atoms. The number of aliphatic hydroxyl groups is 1. The van der Waals surface area contributed by atoms with Crippen molar-refractivity contribution < 1.29 is 24.2 Å². The van der Waals surface area contributed by atoms with Gasteiger partial charge in [-0.3, -0.25) is 19.8 Å². The van der Waals surface area contributed by atoms with E-state index in [1.54, 1.807) is 12.1 Å². The van der Waals surface area contributed by atoms with E-state index in [0.717, 1.165) is 0 Å². The Hall–Kier alpha value is -3.12. The van der Waals surface area contributed by atoms with Crippen LogP contribution in [-0.2, 0) is 9.59 Å². The lowest BCUT2D eigenvalue weighted by molar-refractivity contribution is -0.119. The second kappa shape index (κ2) is 6.17. The Bertz CT molecular complexity index is 782. The number of imide groups is 1. The molecule has 2 aliphatic rings. The lowest BCUT2D eigenvalue weighted by atomic mass is 10.2. The fourth-order valence-electron chi connectivity index (χ4n) is 2.41. The maximum Gasteiger partial charge on any atom is 0.322 e. The summed E-state index contributed by atoms with van der Waals surface area (Å²) < 4.78 is 5.17. The molecule has 2 saturated heterocycles. The van der Waals surface area contributed by atoms with E-state index in [9.17, 15) is 19.5 Å². The van der Waals surface area contributed by atoms with Crippen LogP contribution in [-0.4, -0.2) is 53.7 Å². The molecule has 124 valence electrons. The molecule has 0 spiro atoms. The number of β-amino-alcohol motifs (C(OH)–C–C–N with tert-alkyl or cyclic N) is 1. The van der Waals surface area contributed by atoms with E-state index in [4.69, 9.17) is 4.74 Å². The Morgan fingerprint density at radius 2 is 2.17 bits per heavy atom. The van der Waals surface area contributed by atoms with Crippen LogP contribution in [0.3, 0.4) is 0 Å². The zero-order valence-electron chi connectivity index (χ0n) is 12.7. The van der Waals surface area contributed by atoms with Gasteiger partial charge in [0.1, 0.15) is 5.82 Å². The SMILES string of the molecule is COc1ccc(N2CC(O)CC2=O)nc1C#CC1NC(=O)NC1=O. The first-order valence-corrected chi connectivity index (χ1v) is 7.14. The summed E-state index contributed by atoms with van der Waals surface area (Å²) in [7, 11) is 1.44. The third-order valence-electron chi connectivity index (χ3n) is 3.55. The molecule has 4 amide bonds. The van der Waals surface area contributed by atoms with Crippen LogP contribution in [0.1, 0.15) is 12.1 Å². The first-order valence-electron chi connectivity index (χ1n) is 7.14. The van der Waals surface area contributed by atoms with Gasteiger partial charge in [0.15, 0.2) is 17.5 Å². The van der Waals surface area contributed by atoms with Crippen LogP contribution in [0.25, 0.3) is 0 Å². The lowest BCUT2D eigenvalue weighted by Gasteiger charge is -2.15. The molecule has 0 aliphatic carbocycles. The third-order valence-corrected chi connectivity index (χ3v) is 3.55. The van der Waals surface area contributed by atoms with Crippen molar-refractivity contribution in [1.82, 2.24) is 15.6 Å². The molecule has 1 aromatic rings. The molecule has 2 aliphatic heterocycles. The van der Waals surface area contributed by atoms with Crippen LogP contribution in [0.4, 0.5) is 10.6 Å². The number of pyridine rings is 1. The molecule has 3 N–H and O–H groups in total. The number of aromatic nitrogens is 1. The number of nitrogens with one attached hydrogen (secondary N) is 2. The van der Waals surface area contributed by atoms with E-state index in [2.05, 4.69) is 27.5 Å². The number of methoxy groups -OCH3 is 1. The van der Waals surface area contributed by atoms with Crippen molar-refractivity contribution in [3.05, 3.63) is 17.8 Å². The molecule has 3 rings (SSSR count). The van der Waals surface area contributed by atoms with Gasteiger partial charge >= 0.3 is 6.03 Å². The van der Waals surface area contributed by atoms with Gasteiger partial charge in [-0.2, -0.15) is 0 Å². The number of ether oxygens (including phenoxy) is 1. The summed E-state index contributed by atoms with van der Waals surface area (Å²) in [4.78, 5) is 40.0. The molecule has 3 heterocycles. The summed E-state index contributed by atoms with van der Waals surface area (Å²) in [5.41, 5.74) is 0.220. The number of amides is 4. The minimum Gasteiger partial charge on any atom is -0.494 e. The van der Waals surface area contributed by atoms with Gasteiger partial charge in [-0.15, -0.1) is 0 Å². The number of hydrogen-bond donors (Lipinski definition) is 3. The highest BCUT2D eigenvalue weighted by molar-refractivity contribution is 6.05. The van der Waals surface area contributed by atoms with Crippen molar-refractivity contribution in [2.45, 2.75) is 18.6 Å². The van der Waals surface area contributed by atoms with Crippen molar-refractivity contribution >= 4 is 23.7 Å². The van der Waals surface area contributed by atoms with Gasteiger partial charge in [0, 0.05) is 0 Å². The number of carbonyl (C=O) groups excluding carboxylic acids is 3. The summed E-state index contributed by atoms with van der Waals surface area (Å²) in [6.07, 6.45) is -0.684. The highest BCUT2D eigenvalue weighted by atomic mass is 16.5. The molecular formula is C15H14N4O5. The van der Waals surface area contributed by atoms with Crippen molar-refractivity contribution in [3.8, 4) is 17.6 Å². The van der Waals surface area contributed by atoms with E-state index in [1.165, 1.54) is 12.0 Å². The molecule has 1 aromatic heterocycles. The van der Waals surface area contributed by atoms with Crippen LogP contribution in [0, 0.1) is 11.8 Å². The Kier molecular flexibility index (Phi) is 4.05. The van der Waals surface area contributed by atoms with Crippen LogP contribution < -0.4 is 20.3 Å². The fraction of sp³-hybridized carbons (Fsp3) is 0.333. The normalized spacial score (nSPS) is 22.8. The molecule has 9 nitrogen and oxygen atoms in total. The molecule has 2 unspecified atom stereocenters. The maximum absolute atomic E-state index is 11.9. The smallest absolute Gasteiger partial charge is 0.322 e. The van der Waals surface area contributed by atoms with Crippen LogP contribution in [0.2, 0.25) is 0 Å². The average molecular weight is 330 g/mol. The standard InChI is InChI=1S/C15H14N4O5/c1-24-11-4-5-12(19-7-8(20)6-13(19)21)16-9(11)2-3-10-14(22)18-15(23)17-10/h4-5,8,10,20H,6-7H2,1H3,(H2,17,18,22,23). The number of rotatable bonds is 2. The van der Waals surface area contributed by atoms with Crippen LogP contribution in [0.5, 0.6) is 5.75 Å². The summed E-state index contributed by atoms with van der Waals surface area (Å²) in [6.45, 7) is 0.159. The molecule has 9 heteroatoms. The molecule has 0 bridgehead atoms. The van der Waals surface area contributed by atoms with Gasteiger partial charge in [-0.1, -0.05) is 5.92 Å². The predicted octanol–water partition coefficient (Wildman–Crippen LogP) is -1.25. The Morgan fingerprint density at radius 3 is 2.75 bits per heavy atom. The second-order valence-corrected chi connectivity index (χ2v) is 5.25. The van der Waals surface area contributed by atoms with Crippen molar-refractivity contribution in [1.29, 1.82) is 0 Å². The van der Waals surface area contributed by atoms with E-state index in [-0.39, 0.29) is 24.6 Å². The molecule has 0 aromatic carbocycles. The minimum absolute atomic E-state index is 0.0446. The van der Waals surface area contributed by atoms with Gasteiger partial charge in [-0.25, -0.2) is 9.78 Å². The molecule has 2 fully saturated rings. The third kappa shape index (κ3) is 3.00. The van der Waals surface area contributed by atoms with Gasteiger partial charge in [0.05, 0.1) is 26.2 Å². The summed E-state index contributed by atoms with van der Waals surface area (Å²) in [6, 6.07) is 1.61. The monoisotopic (exact) mass is 330 g/mol. The fourth-order valence-corrected chi connectivity index (χ4v) is 2.41. The summed E-state index contributed by atoms with van der Waals surface area (Å²) >= 11 is 0. The van der Waals surface area contributed by atoms with E-state index in [0.29, 0.717) is 11.6 Å². The number of aliphatic hydroxyl groups excluding tert-OH is 1. The maximum atomic E-state index is 11.9. The largest absolute Gasteiger partial charge is 0.494 e. The lowest BCUT2D eigenvalue weighted by Crippen LogP contribution is -2.27. The van der Waals surface area contributed by atoms with Gasteiger partial charge in [0.2, 0.25) is 5.91 Å². The van der Waals surface area contributed by atoms with Gasteiger partial charge in [-0.05, 0) is 18.1 Å². The Morgan fingerprint density at radius 1 is 1.38 bits per heavy atom. The predicted molar refractivity (Wildman–Crippen MR) is 81.1 cm³/mol. The molecule has 2 atom stereocenters. The van der Waals surface area contributed by atoms with E-state index < -0.39 is 24.1 Å². The highest BCUT2D eigenvalue weighted by Crippen LogP contribution is 2.24. The zero-order chi connectivity index (χ0) is 17.3. The number of nitrogens with zero attached hydrogens (tertiary/aromatic N) is 2. The van der Waals surface area contributed by atoms with Gasteiger partial charge < -0.3 is 15.2 Å². The molecule has 0 radical (unpaired) electrons. The number of anilines is 1. The van der Waals surface area contributed by atoms with Crippen LogP contribution >= 0.6 is 0 Å². The van der Waals surface area contributed by atoms with Crippen LogP contribution in [0.15, 0.2) is 12.1 Å². The van der Waals surface area contributed by atoms with Gasteiger partial charge in [0.25, 0.3) is 5.91 Å². The zero-order valence-corrected chi connectivity index (χ0v) is 12.7. The second-order valence-electron chi connectivity index (χ2n) is 5.25. The Labute approximate surface area is 137 Å². The quantitative estimate of drug-likeness (QED) is 0.460. The number of urea groups is 1. The first-order chi connectivity index (χ1) is 11.5. The highest BCUT2D eigenvalue weighted by Gasteiger charge is 2.30.